The Hall–Kier alpha value is -3.46. The summed E-state index contributed by atoms with van der Waals surface area (Å²) in [4.78, 5) is 66.6. The fourth-order valence-electron chi connectivity index (χ4n) is 3.48. The first-order valence-electron chi connectivity index (χ1n) is 12.6. The third-order valence-corrected chi connectivity index (χ3v) is 6.12. The predicted molar refractivity (Wildman–Crippen MR) is 143 cm³/mol. The smallest absolute Gasteiger partial charge is 0.330 e. The summed E-state index contributed by atoms with van der Waals surface area (Å²) in [5, 5.41) is 8.68. The molecule has 0 radical (unpaired) electrons. The van der Waals surface area contributed by atoms with Crippen molar-refractivity contribution < 1.29 is 39.2 Å². The van der Waals surface area contributed by atoms with Gasteiger partial charge in [0.15, 0.2) is 11.6 Å². The van der Waals surface area contributed by atoms with Crippen LogP contribution in [0.15, 0.2) is 5.11 Å². The van der Waals surface area contributed by atoms with E-state index in [1.165, 1.54) is 34.8 Å². The number of ether oxygens (including phenoxy) is 2. The zero-order chi connectivity index (χ0) is 30.4. The number of esters is 1. The number of nitrogens with zero attached hydrogens (tertiary/aromatic N) is 3. The maximum absolute atomic E-state index is 13.2. The highest BCUT2D eigenvalue weighted by molar-refractivity contribution is 5.98. The SMILES string of the molecule is C#CCOC[C@H](CC(=O)C(C)(C)NC(=O)C(C)(C)CC(=O)[C@@H]([NH3+])CCCN=[N+]=[N-])C(=O)NC(C)(C)C(=O)OC. The number of quaternary nitrogens is 1. The molecule has 0 unspecified atom stereocenters. The van der Waals surface area contributed by atoms with E-state index in [1.54, 1.807) is 13.8 Å². The molecular formula is C26H43N6O7+. The number of terminal acetylenes is 1. The lowest BCUT2D eigenvalue weighted by molar-refractivity contribution is -0.404. The number of hydrogen-bond acceptors (Lipinski definition) is 8. The van der Waals surface area contributed by atoms with Gasteiger partial charge in [-0.15, -0.1) is 6.42 Å². The van der Waals surface area contributed by atoms with Crippen LogP contribution in [0.5, 0.6) is 0 Å². The zero-order valence-corrected chi connectivity index (χ0v) is 24.1. The summed E-state index contributed by atoms with van der Waals surface area (Å²) in [5.41, 5.74) is 8.30. The van der Waals surface area contributed by atoms with Gasteiger partial charge < -0.3 is 25.8 Å². The van der Waals surface area contributed by atoms with Crippen molar-refractivity contribution in [3.05, 3.63) is 10.4 Å². The number of amides is 2. The molecule has 0 saturated carbocycles. The van der Waals surface area contributed by atoms with Crippen molar-refractivity contribution in [3.63, 3.8) is 0 Å². The quantitative estimate of drug-likeness (QED) is 0.0559. The summed E-state index contributed by atoms with van der Waals surface area (Å²) in [5.74, 6) is -1.22. The summed E-state index contributed by atoms with van der Waals surface area (Å²) < 4.78 is 10.0. The van der Waals surface area contributed by atoms with E-state index in [1.807, 2.05) is 0 Å². The summed E-state index contributed by atoms with van der Waals surface area (Å²) in [7, 11) is 1.19. The monoisotopic (exact) mass is 551 g/mol. The molecule has 0 aliphatic carbocycles. The molecule has 13 nitrogen and oxygen atoms in total. The van der Waals surface area contributed by atoms with Gasteiger partial charge in [0.1, 0.15) is 18.2 Å². The minimum Gasteiger partial charge on any atom is -0.467 e. The Bertz CT molecular complexity index is 993. The molecule has 0 aliphatic heterocycles. The largest absolute Gasteiger partial charge is 0.467 e. The molecule has 0 fully saturated rings. The van der Waals surface area contributed by atoms with Gasteiger partial charge in [0.2, 0.25) is 11.8 Å². The predicted octanol–water partition coefficient (Wildman–Crippen LogP) is 0.861. The first-order valence-corrected chi connectivity index (χ1v) is 12.6. The molecule has 13 heteroatoms. The molecule has 0 aromatic heterocycles. The van der Waals surface area contributed by atoms with E-state index < -0.39 is 52.0 Å². The third kappa shape index (κ3) is 12.3. The minimum atomic E-state index is -1.39. The number of ketones is 2. The molecule has 2 atom stereocenters. The van der Waals surface area contributed by atoms with Crippen molar-refractivity contribution >= 4 is 29.4 Å². The number of hydrogen-bond donors (Lipinski definition) is 3. The van der Waals surface area contributed by atoms with Crippen LogP contribution in [-0.2, 0) is 33.4 Å². The summed E-state index contributed by atoms with van der Waals surface area (Å²) in [6.45, 7) is 9.08. The van der Waals surface area contributed by atoms with Crippen LogP contribution in [0.1, 0.15) is 67.2 Å². The van der Waals surface area contributed by atoms with Crippen molar-refractivity contribution in [1.29, 1.82) is 0 Å². The van der Waals surface area contributed by atoms with Gasteiger partial charge in [-0.1, -0.05) is 24.9 Å². The van der Waals surface area contributed by atoms with Gasteiger partial charge in [0, 0.05) is 30.7 Å². The molecule has 0 saturated heterocycles. The van der Waals surface area contributed by atoms with E-state index in [-0.39, 0.29) is 38.4 Å². The zero-order valence-electron chi connectivity index (χ0n) is 24.1. The summed E-state index contributed by atoms with van der Waals surface area (Å²) in [6.07, 6.45) is 5.70. The molecule has 0 rings (SSSR count). The normalized spacial score (nSPS) is 13.2. The lowest BCUT2D eigenvalue weighted by Crippen LogP contribution is -2.65. The maximum atomic E-state index is 13.2. The van der Waals surface area contributed by atoms with Crippen LogP contribution in [0.3, 0.4) is 0 Å². The van der Waals surface area contributed by atoms with Crippen molar-refractivity contribution in [3.8, 4) is 12.3 Å². The lowest BCUT2D eigenvalue weighted by atomic mass is 9.82. The van der Waals surface area contributed by atoms with Gasteiger partial charge in [-0.3, -0.25) is 19.2 Å². The van der Waals surface area contributed by atoms with E-state index in [4.69, 9.17) is 21.4 Å². The highest BCUT2D eigenvalue weighted by Gasteiger charge is 2.40. The number of nitrogens with one attached hydrogen (secondary N) is 2. The number of carbonyl (C=O) groups is 5. The number of Topliss-reactive ketones (excluding diaryl/α,β-unsaturated/α-hetero) is 2. The third-order valence-electron chi connectivity index (χ3n) is 6.12. The van der Waals surface area contributed by atoms with Gasteiger partial charge in [-0.25, -0.2) is 4.79 Å². The molecule has 0 heterocycles. The van der Waals surface area contributed by atoms with Crippen LogP contribution in [-0.4, -0.2) is 73.3 Å². The Balaban J connectivity index is 5.43. The minimum absolute atomic E-state index is 0.0838. The summed E-state index contributed by atoms with van der Waals surface area (Å²) in [6, 6.07) is -0.572. The lowest BCUT2D eigenvalue weighted by Gasteiger charge is -2.32. The van der Waals surface area contributed by atoms with E-state index in [0.717, 1.165) is 0 Å². The molecule has 0 aromatic carbocycles. The molecule has 2 amide bonds. The Labute approximate surface area is 229 Å². The second kappa shape index (κ2) is 15.8. The van der Waals surface area contributed by atoms with E-state index in [0.29, 0.717) is 12.8 Å². The second-order valence-electron chi connectivity index (χ2n) is 11.0. The number of rotatable bonds is 18. The molecule has 5 N–H and O–H groups in total. The van der Waals surface area contributed by atoms with E-state index in [2.05, 4.69) is 32.3 Å². The topological polar surface area (TPSA) is 204 Å². The molecule has 39 heavy (non-hydrogen) atoms. The second-order valence-corrected chi connectivity index (χ2v) is 11.0. The van der Waals surface area contributed by atoms with Gasteiger partial charge in [-0.05, 0) is 39.6 Å². The molecule has 0 bridgehead atoms. The molecule has 0 spiro atoms. The highest BCUT2D eigenvalue weighted by Crippen LogP contribution is 2.24. The van der Waals surface area contributed by atoms with Gasteiger partial charge in [-0.2, -0.15) is 0 Å². The Morgan fingerprint density at radius 2 is 1.69 bits per heavy atom. The van der Waals surface area contributed by atoms with E-state index >= 15 is 0 Å². The number of azide groups is 1. The van der Waals surface area contributed by atoms with Crippen LogP contribution < -0.4 is 16.4 Å². The Kier molecular flexibility index (Phi) is 14.4. The maximum Gasteiger partial charge on any atom is 0.330 e. The van der Waals surface area contributed by atoms with Crippen LogP contribution in [0, 0.1) is 23.7 Å². The molecule has 0 aromatic rings. The van der Waals surface area contributed by atoms with Crippen molar-refractivity contribution in [2.24, 2.45) is 16.4 Å². The first-order chi connectivity index (χ1) is 17.9. The van der Waals surface area contributed by atoms with Gasteiger partial charge >= 0.3 is 5.97 Å². The first kappa shape index (κ1) is 35.5. The van der Waals surface area contributed by atoms with Crippen molar-refractivity contribution in [2.45, 2.75) is 84.3 Å². The van der Waals surface area contributed by atoms with Gasteiger partial charge in [0.25, 0.3) is 0 Å². The van der Waals surface area contributed by atoms with E-state index in [9.17, 15) is 24.0 Å². The fraction of sp³-hybridized carbons (Fsp3) is 0.731. The van der Waals surface area contributed by atoms with Crippen LogP contribution in [0.25, 0.3) is 10.4 Å². The average Bonchev–Trinajstić information content (AvgIpc) is 2.84. The van der Waals surface area contributed by atoms with Crippen LogP contribution in [0.2, 0.25) is 0 Å². The average molecular weight is 552 g/mol. The van der Waals surface area contributed by atoms with Crippen molar-refractivity contribution in [2.75, 3.05) is 26.9 Å². The van der Waals surface area contributed by atoms with Crippen LogP contribution in [0.4, 0.5) is 0 Å². The van der Waals surface area contributed by atoms with Crippen LogP contribution >= 0.6 is 0 Å². The fourth-order valence-corrected chi connectivity index (χ4v) is 3.48. The summed E-state index contributed by atoms with van der Waals surface area (Å²) >= 11 is 0. The number of methoxy groups -OCH3 is 1. The number of carbonyl (C=O) groups excluding carboxylic acids is 5. The molecule has 218 valence electrons. The van der Waals surface area contributed by atoms with Gasteiger partial charge in [0.05, 0.1) is 30.6 Å². The Morgan fingerprint density at radius 3 is 2.23 bits per heavy atom. The molecule has 0 aliphatic rings. The van der Waals surface area contributed by atoms with Crippen molar-refractivity contribution in [1.82, 2.24) is 10.6 Å². The molecular weight excluding hydrogens is 508 g/mol. The standard InChI is InChI=1S/C26H42N6O7/c1-9-13-39-16-17(21(35)30-26(6,7)23(37)38-8)14-20(34)25(4,5)31-22(36)24(2,3)15-19(33)18(27)11-10-12-29-32-28/h1,17-18H,10-16,27H2,2-8H3,(H,30,35)(H,31,36)/p+1/t17-,18-/m0/s1. The Morgan fingerprint density at radius 1 is 1.08 bits per heavy atom. The highest BCUT2D eigenvalue weighted by atomic mass is 16.5.